The highest BCUT2D eigenvalue weighted by Gasteiger charge is 2.19. The van der Waals surface area contributed by atoms with Crippen LogP contribution in [0.3, 0.4) is 0 Å². The second-order valence-electron chi connectivity index (χ2n) is 4.54. The number of rotatable bonds is 6. The van der Waals surface area contributed by atoms with Crippen LogP contribution in [-0.4, -0.2) is 37.1 Å². The second kappa shape index (κ2) is 6.81. The van der Waals surface area contributed by atoms with Gasteiger partial charge in [-0.15, -0.1) is 13.2 Å². The third-order valence-corrected chi connectivity index (χ3v) is 3.02. The molecule has 1 N–H and O–H groups in total. The van der Waals surface area contributed by atoms with E-state index in [-0.39, 0.29) is 0 Å². The van der Waals surface area contributed by atoms with Crippen molar-refractivity contribution in [2.75, 3.05) is 26.2 Å². The van der Waals surface area contributed by atoms with Gasteiger partial charge in [0.2, 0.25) is 0 Å². The Bertz CT molecular complexity index is 191. The molecule has 0 aromatic carbocycles. The highest BCUT2D eigenvalue weighted by molar-refractivity contribution is 4.83. The minimum absolute atomic E-state index is 0.679. The highest BCUT2D eigenvalue weighted by Crippen LogP contribution is 2.17. The van der Waals surface area contributed by atoms with Crippen LogP contribution in [0.2, 0.25) is 0 Å². The molecule has 1 fully saturated rings. The molecule has 1 heterocycles. The Kier molecular flexibility index (Phi) is 5.66. The van der Waals surface area contributed by atoms with Crippen molar-refractivity contribution in [1.29, 1.82) is 0 Å². The van der Waals surface area contributed by atoms with Gasteiger partial charge in [-0.05, 0) is 32.2 Å². The third-order valence-electron chi connectivity index (χ3n) is 3.02. The molecule has 0 bridgehead atoms. The van der Waals surface area contributed by atoms with Crippen molar-refractivity contribution < 1.29 is 0 Å². The van der Waals surface area contributed by atoms with Crippen molar-refractivity contribution in [3.8, 4) is 0 Å². The summed E-state index contributed by atoms with van der Waals surface area (Å²) < 4.78 is 0. The fourth-order valence-corrected chi connectivity index (χ4v) is 2.35. The van der Waals surface area contributed by atoms with Crippen LogP contribution in [-0.2, 0) is 0 Å². The molecule has 0 radical (unpaired) electrons. The number of hydrogen-bond donors (Lipinski definition) is 1. The van der Waals surface area contributed by atoms with Gasteiger partial charge in [0.15, 0.2) is 0 Å². The molecule has 1 aliphatic rings. The largest absolute Gasteiger partial charge is 0.314 e. The third kappa shape index (κ3) is 4.63. The van der Waals surface area contributed by atoms with Crippen LogP contribution >= 0.6 is 0 Å². The van der Waals surface area contributed by atoms with Gasteiger partial charge < -0.3 is 5.32 Å². The van der Waals surface area contributed by atoms with Crippen molar-refractivity contribution in [2.45, 2.75) is 25.8 Å². The van der Waals surface area contributed by atoms with Crippen molar-refractivity contribution in [2.24, 2.45) is 5.92 Å². The second-order valence-corrected chi connectivity index (χ2v) is 4.54. The van der Waals surface area contributed by atoms with Gasteiger partial charge in [0.05, 0.1) is 0 Å². The van der Waals surface area contributed by atoms with Crippen LogP contribution < -0.4 is 5.32 Å². The molecule has 86 valence electrons. The number of nitrogens with zero attached hydrogens (tertiary/aromatic N) is 1. The van der Waals surface area contributed by atoms with E-state index in [0.717, 1.165) is 19.0 Å². The van der Waals surface area contributed by atoms with E-state index in [0.29, 0.717) is 6.04 Å². The summed E-state index contributed by atoms with van der Waals surface area (Å²) in [6, 6.07) is 0.679. The molecule has 0 aromatic rings. The summed E-state index contributed by atoms with van der Waals surface area (Å²) in [6.07, 6.45) is 6.56. The molecular weight excluding hydrogens is 184 g/mol. The predicted molar refractivity (Wildman–Crippen MR) is 67.0 cm³/mol. The number of piperidine rings is 1. The first kappa shape index (κ1) is 12.5. The van der Waals surface area contributed by atoms with Gasteiger partial charge in [-0.25, -0.2) is 0 Å². The lowest BCUT2D eigenvalue weighted by Crippen LogP contribution is -2.40. The van der Waals surface area contributed by atoms with E-state index in [2.05, 4.69) is 30.3 Å². The molecule has 2 nitrogen and oxygen atoms in total. The maximum Gasteiger partial charge on any atom is 0.0164 e. The summed E-state index contributed by atoms with van der Waals surface area (Å²) in [7, 11) is 0. The van der Waals surface area contributed by atoms with Gasteiger partial charge in [-0.2, -0.15) is 0 Å². The molecule has 0 spiro atoms. The molecule has 0 amide bonds. The quantitative estimate of drug-likeness (QED) is 0.672. The molecule has 1 rings (SSSR count). The lowest BCUT2D eigenvalue weighted by Gasteiger charge is -2.31. The SMILES string of the molecule is C=CCN(CC=C)CC1CCNC(C)C1. The molecule has 2 heteroatoms. The first-order valence-corrected chi connectivity index (χ1v) is 5.93. The Labute approximate surface area is 94.0 Å². The normalized spacial score (nSPS) is 26.5. The molecular formula is C13H24N2. The first-order valence-electron chi connectivity index (χ1n) is 5.93. The highest BCUT2D eigenvalue weighted by atomic mass is 15.1. The monoisotopic (exact) mass is 208 g/mol. The topological polar surface area (TPSA) is 15.3 Å². The zero-order chi connectivity index (χ0) is 11.1. The van der Waals surface area contributed by atoms with Crippen LogP contribution in [0.4, 0.5) is 0 Å². The zero-order valence-electron chi connectivity index (χ0n) is 9.91. The van der Waals surface area contributed by atoms with Crippen molar-refractivity contribution >= 4 is 0 Å². The molecule has 0 saturated carbocycles. The Balaban J connectivity index is 2.34. The van der Waals surface area contributed by atoms with E-state index in [1.54, 1.807) is 0 Å². The molecule has 1 aliphatic heterocycles. The summed E-state index contributed by atoms with van der Waals surface area (Å²) in [4.78, 5) is 2.42. The Hall–Kier alpha value is -0.600. The average molecular weight is 208 g/mol. The number of hydrogen-bond acceptors (Lipinski definition) is 2. The maximum absolute atomic E-state index is 3.80. The summed E-state index contributed by atoms with van der Waals surface area (Å²) in [6.45, 7) is 14.2. The van der Waals surface area contributed by atoms with E-state index >= 15 is 0 Å². The molecule has 2 unspecified atom stereocenters. The summed E-state index contributed by atoms with van der Waals surface area (Å²) in [5.41, 5.74) is 0. The van der Waals surface area contributed by atoms with Gasteiger partial charge in [0.1, 0.15) is 0 Å². The van der Waals surface area contributed by atoms with Crippen LogP contribution in [0.25, 0.3) is 0 Å². The van der Waals surface area contributed by atoms with Crippen LogP contribution in [0.5, 0.6) is 0 Å². The van der Waals surface area contributed by atoms with Gasteiger partial charge >= 0.3 is 0 Å². The average Bonchev–Trinajstić information content (AvgIpc) is 2.18. The van der Waals surface area contributed by atoms with Gasteiger partial charge in [0, 0.05) is 25.7 Å². The van der Waals surface area contributed by atoms with E-state index in [4.69, 9.17) is 0 Å². The Morgan fingerprint density at radius 1 is 1.33 bits per heavy atom. The predicted octanol–water partition coefficient (Wildman–Crippen LogP) is 2.05. The summed E-state index contributed by atoms with van der Waals surface area (Å²) in [5.74, 6) is 0.834. The van der Waals surface area contributed by atoms with Crippen molar-refractivity contribution in [3.05, 3.63) is 25.3 Å². The molecule has 0 aliphatic carbocycles. The zero-order valence-corrected chi connectivity index (χ0v) is 9.91. The smallest absolute Gasteiger partial charge is 0.0164 e. The van der Waals surface area contributed by atoms with E-state index in [1.165, 1.54) is 25.9 Å². The molecule has 0 aromatic heterocycles. The summed E-state index contributed by atoms with van der Waals surface area (Å²) >= 11 is 0. The Morgan fingerprint density at radius 3 is 2.53 bits per heavy atom. The minimum atomic E-state index is 0.679. The van der Waals surface area contributed by atoms with Crippen molar-refractivity contribution in [1.82, 2.24) is 10.2 Å². The fraction of sp³-hybridized carbons (Fsp3) is 0.692. The van der Waals surface area contributed by atoms with Crippen molar-refractivity contribution in [3.63, 3.8) is 0 Å². The molecule has 2 atom stereocenters. The minimum Gasteiger partial charge on any atom is -0.314 e. The first-order chi connectivity index (χ1) is 7.26. The number of nitrogens with one attached hydrogen (secondary N) is 1. The maximum atomic E-state index is 3.80. The lowest BCUT2D eigenvalue weighted by molar-refractivity contribution is 0.219. The van der Waals surface area contributed by atoms with Crippen LogP contribution in [0.1, 0.15) is 19.8 Å². The van der Waals surface area contributed by atoms with Gasteiger partial charge in [-0.3, -0.25) is 4.90 Å². The van der Waals surface area contributed by atoms with Gasteiger partial charge in [0.25, 0.3) is 0 Å². The van der Waals surface area contributed by atoms with E-state index in [1.807, 2.05) is 12.2 Å². The molecule has 1 saturated heterocycles. The van der Waals surface area contributed by atoms with Crippen LogP contribution in [0.15, 0.2) is 25.3 Å². The van der Waals surface area contributed by atoms with E-state index in [9.17, 15) is 0 Å². The fourth-order valence-electron chi connectivity index (χ4n) is 2.35. The van der Waals surface area contributed by atoms with Crippen LogP contribution in [0, 0.1) is 5.92 Å². The van der Waals surface area contributed by atoms with E-state index < -0.39 is 0 Å². The van der Waals surface area contributed by atoms with Gasteiger partial charge in [-0.1, -0.05) is 12.2 Å². The summed E-state index contributed by atoms with van der Waals surface area (Å²) in [5, 5.41) is 3.49. The lowest BCUT2D eigenvalue weighted by atomic mass is 9.93. The standard InChI is InChI=1S/C13H24N2/c1-4-8-15(9-5-2)11-13-6-7-14-12(3)10-13/h4-5,12-14H,1-2,6-11H2,3H3. The Morgan fingerprint density at radius 2 is 2.00 bits per heavy atom. The molecule has 15 heavy (non-hydrogen) atoms.